The highest BCUT2D eigenvalue weighted by Gasteiger charge is 2.08. The van der Waals surface area contributed by atoms with E-state index in [0.717, 1.165) is 11.4 Å². The molecular formula is C10H12N4O2. The average molecular weight is 220 g/mol. The van der Waals surface area contributed by atoms with Crippen molar-refractivity contribution in [3.8, 4) is 0 Å². The molecule has 6 heteroatoms. The number of aromatic nitrogens is 4. The molecule has 0 bridgehead atoms. The van der Waals surface area contributed by atoms with E-state index in [-0.39, 0.29) is 5.69 Å². The molecule has 0 aliphatic rings. The normalized spacial score (nSPS) is 10.6. The zero-order valence-electron chi connectivity index (χ0n) is 9.08. The molecule has 0 radical (unpaired) electrons. The van der Waals surface area contributed by atoms with Crippen molar-refractivity contribution in [1.82, 2.24) is 19.6 Å². The van der Waals surface area contributed by atoms with Crippen LogP contribution < -0.4 is 0 Å². The van der Waals surface area contributed by atoms with E-state index in [4.69, 9.17) is 5.11 Å². The summed E-state index contributed by atoms with van der Waals surface area (Å²) in [6.07, 6.45) is 1.64. The summed E-state index contributed by atoms with van der Waals surface area (Å²) in [7, 11) is 1.85. The SMILES string of the molecule is Cc1cc(Cn2ccc(C(=O)O)n2)n(C)n1. The first-order chi connectivity index (χ1) is 7.56. The number of hydrogen-bond donors (Lipinski definition) is 1. The van der Waals surface area contributed by atoms with Crippen molar-refractivity contribution in [2.75, 3.05) is 0 Å². The second-order valence-electron chi connectivity index (χ2n) is 3.60. The van der Waals surface area contributed by atoms with Crippen LogP contribution in [0.3, 0.4) is 0 Å². The summed E-state index contributed by atoms with van der Waals surface area (Å²) in [6, 6.07) is 3.42. The predicted octanol–water partition coefficient (Wildman–Crippen LogP) is 0.672. The number of hydrogen-bond acceptors (Lipinski definition) is 3. The van der Waals surface area contributed by atoms with Gasteiger partial charge in [-0.2, -0.15) is 10.2 Å². The monoisotopic (exact) mass is 220 g/mol. The fourth-order valence-electron chi connectivity index (χ4n) is 1.54. The Morgan fingerprint density at radius 1 is 1.50 bits per heavy atom. The number of nitrogens with zero attached hydrogens (tertiary/aromatic N) is 4. The largest absolute Gasteiger partial charge is 0.476 e. The summed E-state index contributed by atoms with van der Waals surface area (Å²) in [5.41, 5.74) is 1.97. The van der Waals surface area contributed by atoms with Crippen molar-refractivity contribution in [3.63, 3.8) is 0 Å². The molecule has 0 aromatic carbocycles. The van der Waals surface area contributed by atoms with Crippen LogP contribution in [0.2, 0.25) is 0 Å². The van der Waals surface area contributed by atoms with Gasteiger partial charge in [0.25, 0.3) is 0 Å². The number of aryl methyl sites for hydroxylation is 2. The lowest BCUT2D eigenvalue weighted by Gasteiger charge is -2.01. The van der Waals surface area contributed by atoms with Crippen LogP contribution in [0.5, 0.6) is 0 Å². The van der Waals surface area contributed by atoms with Gasteiger partial charge in [0, 0.05) is 13.2 Å². The van der Waals surface area contributed by atoms with E-state index in [1.165, 1.54) is 6.07 Å². The van der Waals surface area contributed by atoms with Gasteiger partial charge < -0.3 is 5.11 Å². The molecule has 1 N–H and O–H groups in total. The molecule has 2 aromatic heterocycles. The maximum absolute atomic E-state index is 10.6. The number of rotatable bonds is 3. The standard InChI is InChI=1S/C10H12N4O2/c1-7-5-8(13(2)11-7)6-14-4-3-9(12-14)10(15)16/h3-5H,6H2,1-2H3,(H,15,16). The molecule has 16 heavy (non-hydrogen) atoms. The van der Waals surface area contributed by atoms with Crippen LogP contribution in [-0.4, -0.2) is 30.6 Å². The molecular weight excluding hydrogens is 208 g/mol. The summed E-state index contributed by atoms with van der Waals surface area (Å²) in [5.74, 6) is -1.01. The second kappa shape index (κ2) is 3.80. The Labute approximate surface area is 92.1 Å². The quantitative estimate of drug-likeness (QED) is 0.825. The van der Waals surface area contributed by atoms with E-state index in [9.17, 15) is 4.79 Å². The van der Waals surface area contributed by atoms with Gasteiger partial charge in [0.15, 0.2) is 5.69 Å². The molecule has 0 unspecified atom stereocenters. The molecule has 0 atom stereocenters. The smallest absolute Gasteiger partial charge is 0.356 e. The van der Waals surface area contributed by atoms with Gasteiger partial charge in [-0.3, -0.25) is 9.36 Å². The van der Waals surface area contributed by atoms with E-state index in [1.807, 2.05) is 20.0 Å². The van der Waals surface area contributed by atoms with E-state index >= 15 is 0 Å². The molecule has 0 saturated heterocycles. The first kappa shape index (κ1) is 10.4. The third-order valence-electron chi connectivity index (χ3n) is 2.28. The lowest BCUT2D eigenvalue weighted by Crippen LogP contribution is -2.07. The van der Waals surface area contributed by atoms with Crippen LogP contribution in [0.4, 0.5) is 0 Å². The summed E-state index contributed by atoms with van der Waals surface area (Å²) in [5, 5.41) is 16.9. The van der Waals surface area contributed by atoms with Crippen molar-refractivity contribution >= 4 is 5.97 Å². The minimum Gasteiger partial charge on any atom is -0.476 e. The van der Waals surface area contributed by atoms with Crippen molar-refractivity contribution in [1.29, 1.82) is 0 Å². The van der Waals surface area contributed by atoms with Gasteiger partial charge in [-0.15, -0.1) is 0 Å². The van der Waals surface area contributed by atoms with Crippen LogP contribution >= 0.6 is 0 Å². The maximum Gasteiger partial charge on any atom is 0.356 e. The molecule has 0 aliphatic carbocycles. The van der Waals surface area contributed by atoms with Crippen molar-refractivity contribution in [3.05, 3.63) is 35.4 Å². The van der Waals surface area contributed by atoms with E-state index in [1.54, 1.807) is 15.6 Å². The average Bonchev–Trinajstić information content (AvgIpc) is 2.75. The van der Waals surface area contributed by atoms with Gasteiger partial charge in [-0.25, -0.2) is 4.79 Å². The highest BCUT2D eigenvalue weighted by molar-refractivity contribution is 5.85. The zero-order valence-corrected chi connectivity index (χ0v) is 9.08. The van der Waals surface area contributed by atoms with Gasteiger partial charge in [0.1, 0.15) is 0 Å². The van der Waals surface area contributed by atoms with Crippen LogP contribution in [-0.2, 0) is 13.6 Å². The highest BCUT2D eigenvalue weighted by Crippen LogP contribution is 2.05. The molecule has 6 nitrogen and oxygen atoms in total. The van der Waals surface area contributed by atoms with Crippen LogP contribution in [0.25, 0.3) is 0 Å². The Morgan fingerprint density at radius 2 is 2.25 bits per heavy atom. The molecule has 0 spiro atoms. The summed E-state index contributed by atoms with van der Waals surface area (Å²) < 4.78 is 3.34. The van der Waals surface area contributed by atoms with Crippen molar-refractivity contribution in [2.45, 2.75) is 13.5 Å². The fourth-order valence-corrected chi connectivity index (χ4v) is 1.54. The second-order valence-corrected chi connectivity index (χ2v) is 3.60. The zero-order chi connectivity index (χ0) is 11.7. The molecule has 0 fully saturated rings. The van der Waals surface area contributed by atoms with Gasteiger partial charge in [0.2, 0.25) is 0 Å². The van der Waals surface area contributed by atoms with Gasteiger partial charge in [0.05, 0.1) is 17.9 Å². The minimum absolute atomic E-state index is 0.0545. The fraction of sp³-hybridized carbons (Fsp3) is 0.300. The van der Waals surface area contributed by atoms with E-state index in [0.29, 0.717) is 6.54 Å². The minimum atomic E-state index is -1.01. The molecule has 2 aromatic rings. The molecule has 0 amide bonds. The first-order valence-corrected chi connectivity index (χ1v) is 4.82. The Morgan fingerprint density at radius 3 is 2.75 bits per heavy atom. The Balaban J connectivity index is 2.20. The number of carbonyl (C=O) groups is 1. The van der Waals surface area contributed by atoms with Crippen LogP contribution in [0.1, 0.15) is 21.9 Å². The highest BCUT2D eigenvalue weighted by atomic mass is 16.4. The Kier molecular flexibility index (Phi) is 2.47. The summed E-state index contributed by atoms with van der Waals surface area (Å²) in [4.78, 5) is 10.6. The van der Waals surface area contributed by atoms with Crippen LogP contribution in [0, 0.1) is 6.92 Å². The summed E-state index contributed by atoms with van der Waals surface area (Å²) in [6.45, 7) is 2.43. The molecule has 2 rings (SSSR count). The molecule has 84 valence electrons. The lowest BCUT2D eigenvalue weighted by molar-refractivity contribution is 0.0689. The maximum atomic E-state index is 10.6. The summed E-state index contributed by atoms with van der Waals surface area (Å²) >= 11 is 0. The number of carboxylic acids is 1. The lowest BCUT2D eigenvalue weighted by atomic mass is 10.4. The van der Waals surface area contributed by atoms with Crippen LogP contribution in [0.15, 0.2) is 18.3 Å². The topological polar surface area (TPSA) is 72.9 Å². The van der Waals surface area contributed by atoms with E-state index < -0.39 is 5.97 Å². The number of aromatic carboxylic acids is 1. The number of carboxylic acid groups (broad SMARTS) is 1. The Bertz CT molecular complexity index is 527. The van der Waals surface area contributed by atoms with Gasteiger partial charge in [-0.05, 0) is 19.1 Å². The Hall–Kier alpha value is -2.11. The first-order valence-electron chi connectivity index (χ1n) is 4.82. The van der Waals surface area contributed by atoms with E-state index in [2.05, 4.69) is 10.2 Å². The predicted molar refractivity (Wildman–Crippen MR) is 56.2 cm³/mol. The van der Waals surface area contributed by atoms with Gasteiger partial charge in [-0.1, -0.05) is 0 Å². The third kappa shape index (κ3) is 1.95. The molecule has 0 aliphatic heterocycles. The van der Waals surface area contributed by atoms with Gasteiger partial charge >= 0.3 is 5.97 Å². The molecule has 0 saturated carbocycles. The van der Waals surface area contributed by atoms with Crippen molar-refractivity contribution < 1.29 is 9.90 Å². The molecule has 2 heterocycles. The third-order valence-corrected chi connectivity index (χ3v) is 2.28. The van der Waals surface area contributed by atoms with Crippen molar-refractivity contribution in [2.24, 2.45) is 7.05 Å².